The zero-order valence-electron chi connectivity index (χ0n) is 20.9. The van der Waals surface area contributed by atoms with Crippen LogP contribution < -0.4 is 21.9 Å². The summed E-state index contributed by atoms with van der Waals surface area (Å²) < 4.78 is 18.8. The van der Waals surface area contributed by atoms with E-state index in [1.54, 1.807) is 35.8 Å². The lowest BCUT2D eigenvalue weighted by Gasteiger charge is -2.31. The first kappa shape index (κ1) is 25.0. The number of para-hydroxylation sites is 1. The van der Waals surface area contributed by atoms with Gasteiger partial charge < -0.3 is 10.6 Å². The smallest absolute Gasteiger partial charge is 0.337 e. The van der Waals surface area contributed by atoms with E-state index in [-0.39, 0.29) is 34.9 Å². The van der Waals surface area contributed by atoms with Crippen molar-refractivity contribution in [3.8, 4) is 23.6 Å². The second kappa shape index (κ2) is 10.4. The average molecular weight is 512 g/mol. The van der Waals surface area contributed by atoms with Crippen LogP contribution in [-0.2, 0) is 13.1 Å². The van der Waals surface area contributed by atoms with Crippen molar-refractivity contribution >= 4 is 17.1 Å². The van der Waals surface area contributed by atoms with Crippen molar-refractivity contribution in [2.45, 2.75) is 38.9 Å². The molecule has 0 amide bonds. The Morgan fingerprint density at radius 2 is 1.92 bits per heavy atom. The van der Waals surface area contributed by atoms with E-state index in [0.29, 0.717) is 24.7 Å². The van der Waals surface area contributed by atoms with Crippen LogP contribution >= 0.6 is 0 Å². The molecule has 1 fully saturated rings. The van der Waals surface area contributed by atoms with Gasteiger partial charge in [0.05, 0.1) is 30.4 Å². The number of anilines is 1. The molecule has 2 aromatic heterocycles. The van der Waals surface area contributed by atoms with Crippen LogP contribution in [0.1, 0.15) is 30.9 Å². The molecular weight excluding hydrogens is 485 g/mol. The number of hydrogen-bond donors (Lipinski definition) is 1. The van der Waals surface area contributed by atoms with Gasteiger partial charge in [0, 0.05) is 24.7 Å². The Labute approximate surface area is 218 Å². The van der Waals surface area contributed by atoms with Crippen LogP contribution in [0.2, 0.25) is 0 Å². The minimum atomic E-state index is -0.686. The van der Waals surface area contributed by atoms with Crippen LogP contribution in [0.25, 0.3) is 16.9 Å². The normalized spacial score (nSPS) is 15.2. The molecule has 0 saturated carbocycles. The highest BCUT2D eigenvalue weighted by Crippen LogP contribution is 2.25. The van der Waals surface area contributed by atoms with Gasteiger partial charge in [0.25, 0.3) is 5.56 Å². The molecule has 38 heavy (non-hydrogen) atoms. The van der Waals surface area contributed by atoms with Crippen molar-refractivity contribution in [3.63, 3.8) is 0 Å². The van der Waals surface area contributed by atoms with Crippen molar-refractivity contribution in [1.29, 1.82) is 5.26 Å². The van der Waals surface area contributed by atoms with Gasteiger partial charge in [0.15, 0.2) is 11.2 Å². The van der Waals surface area contributed by atoms with Crippen molar-refractivity contribution < 1.29 is 4.39 Å². The minimum Gasteiger partial charge on any atom is -0.341 e. The first-order valence-corrected chi connectivity index (χ1v) is 12.3. The van der Waals surface area contributed by atoms with Gasteiger partial charge in [-0.1, -0.05) is 30.2 Å². The van der Waals surface area contributed by atoms with Gasteiger partial charge in [-0.2, -0.15) is 10.2 Å². The number of fused-ring (bicyclic) bond motifs is 1. The number of nitrogens with zero attached hydrogens (tertiary/aromatic N) is 6. The largest absolute Gasteiger partial charge is 0.341 e. The summed E-state index contributed by atoms with van der Waals surface area (Å²) in [5.74, 6) is 5.70. The molecule has 2 N–H and O–H groups in total. The van der Waals surface area contributed by atoms with Gasteiger partial charge in [0.1, 0.15) is 5.82 Å². The third-order valence-electron chi connectivity index (χ3n) is 6.74. The van der Waals surface area contributed by atoms with E-state index < -0.39 is 23.6 Å². The summed E-state index contributed by atoms with van der Waals surface area (Å²) in [4.78, 5) is 34.7. The van der Waals surface area contributed by atoms with Crippen LogP contribution in [0.3, 0.4) is 0 Å². The molecule has 192 valence electrons. The van der Waals surface area contributed by atoms with E-state index in [2.05, 4.69) is 11.8 Å². The van der Waals surface area contributed by atoms with E-state index in [1.165, 1.54) is 22.8 Å². The molecule has 4 aromatic rings. The SMILES string of the molecule is CC#CCn1c(N2CCC[C@@H](N)C2)nc2c1c(=O)n(Cc1c(F)cccc1C#N)c(=O)n2-c1ccccc1. The molecule has 0 spiro atoms. The third kappa shape index (κ3) is 4.36. The van der Waals surface area contributed by atoms with Crippen LogP contribution in [0, 0.1) is 29.0 Å². The lowest BCUT2D eigenvalue weighted by atomic mass is 10.1. The predicted octanol–water partition coefficient (Wildman–Crippen LogP) is 2.36. The second-order valence-electron chi connectivity index (χ2n) is 9.17. The first-order chi connectivity index (χ1) is 18.4. The maximum absolute atomic E-state index is 14.8. The number of rotatable bonds is 5. The molecule has 10 heteroatoms. The predicted molar refractivity (Wildman–Crippen MR) is 143 cm³/mol. The van der Waals surface area contributed by atoms with Crippen LogP contribution in [-0.4, -0.2) is 37.8 Å². The fourth-order valence-corrected chi connectivity index (χ4v) is 4.89. The van der Waals surface area contributed by atoms with Gasteiger partial charge >= 0.3 is 5.69 Å². The number of hydrogen-bond acceptors (Lipinski definition) is 6. The Morgan fingerprint density at radius 1 is 1.13 bits per heavy atom. The summed E-state index contributed by atoms with van der Waals surface area (Å²) >= 11 is 0. The summed E-state index contributed by atoms with van der Waals surface area (Å²) in [5.41, 5.74) is 5.79. The topological polar surface area (TPSA) is 115 Å². The van der Waals surface area contributed by atoms with Gasteiger partial charge in [0.2, 0.25) is 5.95 Å². The molecule has 3 heterocycles. The average Bonchev–Trinajstić information content (AvgIpc) is 3.30. The molecular formula is C28H26FN7O2. The van der Waals surface area contributed by atoms with E-state index in [1.807, 2.05) is 17.0 Å². The number of nitriles is 1. The first-order valence-electron chi connectivity index (χ1n) is 12.3. The maximum Gasteiger partial charge on any atom is 0.337 e. The summed E-state index contributed by atoms with van der Waals surface area (Å²) in [7, 11) is 0. The molecule has 1 aliphatic rings. The van der Waals surface area contributed by atoms with E-state index in [0.717, 1.165) is 17.4 Å². The van der Waals surface area contributed by atoms with Gasteiger partial charge in [-0.05, 0) is 44.0 Å². The Morgan fingerprint density at radius 3 is 2.63 bits per heavy atom. The van der Waals surface area contributed by atoms with E-state index in [4.69, 9.17) is 10.7 Å². The fraction of sp³-hybridized carbons (Fsp3) is 0.286. The Balaban J connectivity index is 1.85. The molecule has 0 aliphatic carbocycles. The Kier molecular flexibility index (Phi) is 6.82. The van der Waals surface area contributed by atoms with Crippen LogP contribution in [0.4, 0.5) is 10.3 Å². The van der Waals surface area contributed by atoms with Crippen LogP contribution in [0.5, 0.6) is 0 Å². The number of halogens is 1. The lowest BCUT2D eigenvalue weighted by molar-refractivity contribution is 0.496. The number of nitrogens with two attached hydrogens (primary N) is 1. The molecule has 2 aromatic carbocycles. The summed E-state index contributed by atoms with van der Waals surface area (Å²) in [5, 5.41) is 9.54. The molecule has 1 aliphatic heterocycles. The molecule has 1 saturated heterocycles. The van der Waals surface area contributed by atoms with Crippen molar-refractivity contribution in [3.05, 3.63) is 86.3 Å². The highest BCUT2D eigenvalue weighted by atomic mass is 19.1. The molecule has 0 radical (unpaired) electrons. The van der Waals surface area contributed by atoms with Crippen molar-refractivity contribution in [1.82, 2.24) is 18.7 Å². The van der Waals surface area contributed by atoms with Crippen LogP contribution in [0.15, 0.2) is 58.1 Å². The zero-order chi connectivity index (χ0) is 26.8. The van der Waals surface area contributed by atoms with Gasteiger partial charge in [-0.15, -0.1) is 5.92 Å². The molecule has 5 rings (SSSR count). The second-order valence-corrected chi connectivity index (χ2v) is 9.17. The number of aromatic nitrogens is 4. The van der Waals surface area contributed by atoms with Crippen molar-refractivity contribution in [2.24, 2.45) is 5.73 Å². The highest BCUT2D eigenvalue weighted by molar-refractivity contribution is 5.77. The lowest BCUT2D eigenvalue weighted by Crippen LogP contribution is -2.44. The quantitative estimate of drug-likeness (QED) is 0.412. The number of benzene rings is 2. The number of piperidine rings is 1. The monoisotopic (exact) mass is 511 g/mol. The summed E-state index contributed by atoms with van der Waals surface area (Å²) in [6.45, 7) is 2.70. The van der Waals surface area contributed by atoms with E-state index >= 15 is 0 Å². The highest BCUT2D eigenvalue weighted by Gasteiger charge is 2.27. The maximum atomic E-state index is 14.8. The van der Waals surface area contributed by atoms with Crippen molar-refractivity contribution in [2.75, 3.05) is 18.0 Å². The Bertz CT molecular complexity index is 1740. The van der Waals surface area contributed by atoms with Gasteiger partial charge in [-0.3, -0.25) is 13.9 Å². The Hall–Kier alpha value is -4.67. The van der Waals surface area contributed by atoms with E-state index in [9.17, 15) is 19.2 Å². The fourth-order valence-electron chi connectivity index (χ4n) is 4.89. The molecule has 1 atom stereocenters. The number of imidazole rings is 1. The summed E-state index contributed by atoms with van der Waals surface area (Å²) in [6.07, 6.45) is 1.75. The molecule has 9 nitrogen and oxygen atoms in total. The molecule has 0 bridgehead atoms. The minimum absolute atomic E-state index is 0.0326. The zero-order valence-corrected chi connectivity index (χ0v) is 20.9. The third-order valence-corrected chi connectivity index (χ3v) is 6.74. The molecule has 0 unspecified atom stereocenters. The summed E-state index contributed by atoms with van der Waals surface area (Å²) in [6, 6.07) is 14.8. The standard InChI is InChI=1S/C28H26FN7O2/c1-2-3-15-34-24-25(32-27(34)33-14-8-10-20(31)17-33)36(21-11-5-4-6-12-21)28(38)35(26(24)37)18-22-19(16-30)9-7-13-23(22)29/h4-7,9,11-13,20H,8,10,14-15,17-18,31H2,1H3/t20-/m1/s1. The van der Waals surface area contributed by atoms with Gasteiger partial charge in [-0.25, -0.2) is 13.8 Å².